The first kappa shape index (κ1) is 6.09. The number of rotatable bonds is 0. The van der Waals surface area contributed by atoms with Gasteiger partial charge in [-0.1, -0.05) is 0 Å². The monoisotopic (exact) mass is 112 g/mol. The molecule has 1 rings (SSSR count). The van der Waals surface area contributed by atoms with Crippen molar-refractivity contribution in [3.8, 4) is 0 Å². The SMILES string of the molecule is [CH2]C1CCCNC1C. The maximum absolute atomic E-state index is 4.02. The van der Waals surface area contributed by atoms with Crippen molar-refractivity contribution in [2.45, 2.75) is 25.8 Å². The summed E-state index contributed by atoms with van der Waals surface area (Å²) in [6, 6.07) is 0.642. The molecule has 0 aromatic carbocycles. The summed E-state index contributed by atoms with van der Waals surface area (Å²) < 4.78 is 0. The largest absolute Gasteiger partial charge is 0.314 e. The Hall–Kier alpha value is -0.0400. The van der Waals surface area contributed by atoms with Gasteiger partial charge in [0.2, 0.25) is 0 Å². The Morgan fingerprint density at radius 3 is 2.75 bits per heavy atom. The highest BCUT2D eigenvalue weighted by Gasteiger charge is 2.14. The van der Waals surface area contributed by atoms with E-state index in [-0.39, 0.29) is 0 Å². The van der Waals surface area contributed by atoms with Crippen molar-refractivity contribution in [3.63, 3.8) is 0 Å². The average Bonchev–Trinajstić information content (AvgIpc) is 1.77. The van der Waals surface area contributed by atoms with Crippen molar-refractivity contribution in [3.05, 3.63) is 6.92 Å². The molecule has 1 saturated heterocycles. The fraction of sp³-hybridized carbons (Fsp3) is 0.857. The second-order valence-corrected chi connectivity index (χ2v) is 2.65. The summed E-state index contributed by atoms with van der Waals surface area (Å²) in [7, 11) is 0. The third kappa shape index (κ3) is 1.22. The maximum atomic E-state index is 4.02. The lowest BCUT2D eigenvalue weighted by Crippen LogP contribution is -2.37. The Morgan fingerprint density at radius 2 is 2.38 bits per heavy atom. The van der Waals surface area contributed by atoms with Crippen molar-refractivity contribution in [1.29, 1.82) is 0 Å². The third-order valence-electron chi connectivity index (χ3n) is 1.93. The molecular formula is C7H14N. The van der Waals surface area contributed by atoms with E-state index in [0.717, 1.165) is 0 Å². The van der Waals surface area contributed by atoms with Gasteiger partial charge in [0.15, 0.2) is 0 Å². The van der Waals surface area contributed by atoms with Gasteiger partial charge in [0, 0.05) is 6.04 Å². The number of hydrogen-bond acceptors (Lipinski definition) is 1. The van der Waals surface area contributed by atoms with Crippen molar-refractivity contribution in [2.75, 3.05) is 6.54 Å². The fourth-order valence-corrected chi connectivity index (χ4v) is 1.11. The van der Waals surface area contributed by atoms with Gasteiger partial charge in [-0.05, 0) is 39.2 Å². The summed E-state index contributed by atoms with van der Waals surface area (Å²) in [5.74, 6) is 0.642. The molecule has 1 N–H and O–H groups in total. The van der Waals surface area contributed by atoms with Crippen LogP contribution in [0.3, 0.4) is 0 Å². The average molecular weight is 112 g/mol. The lowest BCUT2D eigenvalue weighted by Gasteiger charge is -2.26. The summed E-state index contributed by atoms with van der Waals surface area (Å²) in [5, 5.41) is 3.37. The van der Waals surface area contributed by atoms with E-state index >= 15 is 0 Å². The Balaban J connectivity index is 2.28. The van der Waals surface area contributed by atoms with Crippen LogP contribution >= 0.6 is 0 Å². The van der Waals surface area contributed by atoms with Crippen LogP contribution in [0.2, 0.25) is 0 Å². The first-order chi connectivity index (χ1) is 3.80. The zero-order valence-electron chi connectivity index (χ0n) is 5.48. The van der Waals surface area contributed by atoms with Crippen molar-refractivity contribution in [2.24, 2.45) is 5.92 Å². The van der Waals surface area contributed by atoms with E-state index in [1.165, 1.54) is 19.4 Å². The van der Waals surface area contributed by atoms with E-state index in [9.17, 15) is 0 Å². The highest BCUT2D eigenvalue weighted by molar-refractivity contribution is 4.78. The summed E-state index contributed by atoms with van der Waals surface area (Å²) in [5.41, 5.74) is 0. The molecule has 1 fully saturated rings. The van der Waals surface area contributed by atoms with Crippen LogP contribution in [0.1, 0.15) is 19.8 Å². The molecule has 2 atom stereocenters. The molecule has 0 amide bonds. The minimum Gasteiger partial charge on any atom is -0.314 e. The minimum atomic E-state index is 0.642. The van der Waals surface area contributed by atoms with Gasteiger partial charge in [-0.3, -0.25) is 0 Å². The molecule has 0 saturated carbocycles. The summed E-state index contributed by atoms with van der Waals surface area (Å²) >= 11 is 0. The second-order valence-electron chi connectivity index (χ2n) is 2.65. The van der Waals surface area contributed by atoms with E-state index < -0.39 is 0 Å². The van der Waals surface area contributed by atoms with Crippen LogP contribution in [0.15, 0.2) is 0 Å². The van der Waals surface area contributed by atoms with E-state index in [2.05, 4.69) is 19.2 Å². The van der Waals surface area contributed by atoms with Crippen LogP contribution in [-0.4, -0.2) is 12.6 Å². The van der Waals surface area contributed by atoms with Crippen LogP contribution in [0.25, 0.3) is 0 Å². The van der Waals surface area contributed by atoms with Crippen molar-refractivity contribution in [1.82, 2.24) is 5.32 Å². The molecule has 1 aliphatic heterocycles. The molecule has 1 nitrogen and oxygen atoms in total. The zero-order valence-corrected chi connectivity index (χ0v) is 5.48. The lowest BCUT2D eigenvalue weighted by molar-refractivity contribution is 0.346. The zero-order chi connectivity index (χ0) is 5.98. The first-order valence-electron chi connectivity index (χ1n) is 3.37. The highest BCUT2D eigenvalue weighted by atomic mass is 14.9. The molecule has 1 heterocycles. The first-order valence-corrected chi connectivity index (χ1v) is 3.37. The normalized spacial score (nSPS) is 39.8. The van der Waals surface area contributed by atoms with Gasteiger partial charge >= 0.3 is 0 Å². The third-order valence-corrected chi connectivity index (χ3v) is 1.93. The van der Waals surface area contributed by atoms with Crippen LogP contribution in [-0.2, 0) is 0 Å². The molecule has 1 radical (unpaired) electrons. The van der Waals surface area contributed by atoms with Crippen LogP contribution in [0.4, 0.5) is 0 Å². The summed E-state index contributed by atoms with van der Waals surface area (Å²) in [6.07, 6.45) is 2.60. The van der Waals surface area contributed by atoms with Gasteiger partial charge in [0.25, 0.3) is 0 Å². The van der Waals surface area contributed by atoms with Gasteiger partial charge in [-0.15, -0.1) is 0 Å². The van der Waals surface area contributed by atoms with Gasteiger partial charge in [-0.25, -0.2) is 0 Å². The van der Waals surface area contributed by atoms with Gasteiger partial charge in [0.05, 0.1) is 0 Å². The molecule has 0 aliphatic carbocycles. The Bertz CT molecular complexity index is 60.8. The molecule has 0 bridgehead atoms. The number of piperidine rings is 1. The van der Waals surface area contributed by atoms with Crippen molar-refractivity contribution < 1.29 is 0 Å². The predicted molar refractivity (Wildman–Crippen MR) is 35.5 cm³/mol. The molecule has 0 aromatic heterocycles. The maximum Gasteiger partial charge on any atom is 0.00670 e. The molecule has 0 aromatic rings. The standard InChI is InChI=1S/C7H14N/c1-6-4-3-5-8-7(6)2/h6-8H,1,3-5H2,2H3. The molecule has 0 spiro atoms. The highest BCUT2D eigenvalue weighted by Crippen LogP contribution is 2.13. The quantitative estimate of drug-likeness (QED) is 0.496. The van der Waals surface area contributed by atoms with E-state index in [4.69, 9.17) is 0 Å². The van der Waals surface area contributed by atoms with E-state index in [1.807, 2.05) is 0 Å². The molecule has 47 valence electrons. The fourth-order valence-electron chi connectivity index (χ4n) is 1.11. The van der Waals surface area contributed by atoms with Gasteiger partial charge in [0.1, 0.15) is 0 Å². The lowest BCUT2D eigenvalue weighted by atomic mass is 9.94. The molecule has 1 heteroatoms. The van der Waals surface area contributed by atoms with Crippen molar-refractivity contribution >= 4 is 0 Å². The Kier molecular flexibility index (Phi) is 1.90. The number of nitrogens with one attached hydrogen (secondary N) is 1. The summed E-state index contributed by atoms with van der Waals surface area (Å²) in [6.45, 7) is 7.41. The minimum absolute atomic E-state index is 0.642. The second kappa shape index (κ2) is 2.49. The van der Waals surface area contributed by atoms with E-state index in [1.54, 1.807) is 0 Å². The smallest absolute Gasteiger partial charge is 0.00670 e. The molecule has 8 heavy (non-hydrogen) atoms. The number of hydrogen-bond donors (Lipinski definition) is 1. The molecular weight excluding hydrogens is 98.1 g/mol. The molecule has 1 aliphatic rings. The summed E-state index contributed by atoms with van der Waals surface area (Å²) in [4.78, 5) is 0. The predicted octanol–water partition coefficient (Wildman–Crippen LogP) is 1.21. The Morgan fingerprint density at radius 1 is 1.62 bits per heavy atom. The van der Waals surface area contributed by atoms with Crippen LogP contribution < -0.4 is 5.32 Å². The van der Waals surface area contributed by atoms with Crippen LogP contribution in [0, 0.1) is 12.8 Å². The van der Waals surface area contributed by atoms with Gasteiger partial charge in [-0.2, -0.15) is 0 Å². The van der Waals surface area contributed by atoms with Gasteiger partial charge < -0.3 is 5.32 Å². The van der Waals surface area contributed by atoms with E-state index in [0.29, 0.717) is 12.0 Å². The molecule has 2 unspecified atom stereocenters. The van der Waals surface area contributed by atoms with Crippen LogP contribution in [0.5, 0.6) is 0 Å². The Labute approximate surface area is 51.5 Å². The topological polar surface area (TPSA) is 12.0 Å².